The van der Waals surface area contributed by atoms with Crippen LogP contribution in [0.4, 0.5) is 6.01 Å². The monoisotopic (exact) mass is 496 g/mol. The predicted octanol–water partition coefficient (Wildman–Crippen LogP) is 3.66. The summed E-state index contributed by atoms with van der Waals surface area (Å²) >= 11 is 0. The fraction of sp³-hybridized carbons (Fsp3) is 0.400. The first-order chi connectivity index (χ1) is 16.9. The van der Waals surface area contributed by atoms with Crippen molar-refractivity contribution in [2.75, 3.05) is 25.5 Å². The Labute approximate surface area is 204 Å². The third-order valence-corrected chi connectivity index (χ3v) is 8.58. The number of aromatic nitrogens is 2. The number of nitrogens with one attached hydrogen (secondary N) is 1. The van der Waals surface area contributed by atoms with Gasteiger partial charge in [0, 0.05) is 18.7 Å². The van der Waals surface area contributed by atoms with Gasteiger partial charge in [-0.2, -0.15) is 4.31 Å². The summed E-state index contributed by atoms with van der Waals surface area (Å²) in [5.41, 5.74) is 3.49. The normalized spacial score (nSPS) is 18.6. The van der Waals surface area contributed by atoms with Crippen LogP contribution >= 0.6 is 0 Å². The Hall–Kier alpha value is -3.24. The Morgan fingerprint density at radius 2 is 1.83 bits per heavy atom. The number of carbonyl (C=O) groups excluding carboxylic acids is 1. The quantitative estimate of drug-likeness (QED) is 0.554. The van der Waals surface area contributed by atoms with Gasteiger partial charge >= 0.3 is 6.01 Å². The molecule has 1 N–H and O–H groups in total. The number of nitrogens with zero attached hydrogens (tertiary/aromatic N) is 3. The molecule has 9 nitrogen and oxygen atoms in total. The smallest absolute Gasteiger partial charge is 0.322 e. The highest BCUT2D eigenvalue weighted by molar-refractivity contribution is 7.89. The number of rotatable bonds is 6. The Bertz CT molecular complexity index is 1320. The zero-order chi connectivity index (χ0) is 24.4. The molecule has 0 bridgehead atoms. The number of amides is 1. The molecule has 1 saturated heterocycles. The van der Waals surface area contributed by atoms with E-state index < -0.39 is 15.9 Å². The molecule has 3 aromatic rings. The van der Waals surface area contributed by atoms with E-state index in [1.54, 1.807) is 12.1 Å². The maximum atomic E-state index is 13.1. The van der Waals surface area contributed by atoms with E-state index in [0.717, 1.165) is 18.4 Å². The molecule has 1 fully saturated rings. The van der Waals surface area contributed by atoms with Crippen molar-refractivity contribution in [2.45, 2.75) is 43.4 Å². The number of methoxy groups -OCH3 is 1. The Balaban J connectivity index is 1.25. The van der Waals surface area contributed by atoms with E-state index in [0.29, 0.717) is 31.0 Å². The summed E-state index contributed by atoms with van der Waals surface area (Å²) < 4.78 is 38.3. The molecule has 0 radical (unpaired) electrons. The maximum absolute atomic E-state index is 13.1. The minimum Gasteiger partial charge on any atom is -0.497 e. The largest absolute Gasteiger partial charge is 0.497 e. The van der Waals surface area contributed by atoms with Gasteiger partial charge in [-0.15, -0.1) is 5.10 Å². The van der Waals surface area contributed by atoms with E-state index in [2.05, 4.69) is 27.6 Å². The van der Waals surface area contributed by atoms with Crippen molar-refractivity contribution in [3.63, 3.8) is 0 Å². The lowest BCUT2D eigenvalue weighted by Gasteiger charge is -2.30. The van der Waals surface area contributed by atoms with Gasteiger partial charge in [-0.3, -0.25) is 10.1 Å². The number of carbonyl (C=O) groups is 1. The lowest BCUT2D eigenvalue weighted by molar-refractivity contribution is -0.121. The molecule has 1 aromatic heterocycles. The van der Waals surface area contributed by atoms with Crippen molar-refractivity contribution in [3.8, 4) is 17.2 Å². The molecule has 1 aliphatic carbocycles. The van der Waals surface area contributed by atoms with Crippen LogP contribution in [0.2, 0.25) is 0 Å². The van der Waals surface area contributed by atoms with Gasteiger partial charge in [0.05, 0.1) is 17.9 Å². The average molecular weight is 497 g/mol. The second-order valence-electron chi connectivity index (χ2n) is 8.97. The van der Waals surface area contributed by atoms with Crippen LogP contribution in [0.1, 0.15) is 36.8 Å². The number of anilines is 1. The Kier molecular flexibility index (Phi) is 6.57. The molecule has 184 valence electrons. The van der Waals surface area contributed by atoms with Crippen molar-refractivity contribution in [2.24, 2.45) is 5.92 Å². The van der Waals surface area contributed by atoms with E-state index in [1.165, 1.54) is 47.5 Å². The van der Waals surface area contributed by atoms with Crippen molar-refractivity contribution in [3.05, 3.63) is 53.6 Å². The average Bonchev–Trinajstić information content (AvgIpc) is 3.37. The molecule has 35 heavy (non-hydrogen) atoms. The maximum Gasteiger partial charge on any atom is 0.322 e. The van der Waals surface area contributed by atoms with Crippen LogP contribution in [-0.2, 0) is 27.7 Å². The van der Waals surface area contributed by atoms with E-state index >= 15 is 0 Å². The molecule has 10 heteroatoms. The summed E-state index contributed by atoms with van der Waals surface area (Å²) in [6.07, 6.45) is 5.67. The van der Waals surface area contributed by atoms with Gasteiger partial charge < -0.3 is 9.15 Å². The third kappa shape index (κ3) is 4.94. The van der Waals surface area contributed by atoms with Crippen LogP contribution in [0.25, 0.3) is 11.5 Å². The van der Waals surface area contributed by atoms with Gasteiger partial charge in [-0.05, 0) is 86.1 Å². The Morgan fingerprint density at radius 1 is 1.06 bits per heavy atom. The van der Waals surface area contributed by atoms with Crippen molar-refractivity contribution >= 4 is 21.9 Å². The van der Waals surface area contributed by atoms with Gasteiger partial charge in [0.15, 0.2) is 0 Å². The predicted molar refractivity (Wildman–Crippen MR) is 129 cm³/mol. The number of hydrogen-bond acceptors (Lipinski definition) is 7. The molecule has 0 saturated carbocycles. The van der Waals surface area contributed by atoms with Crippen molar-refractivity contribution in [1.82, 2.24) is 14.5 Å². The number of hydrogen-bond donors (Lipinski definition) is 1. The van der Waals surface area contributed by atoms with Crippen LogP contribution < -0.4 is 10.1 Å². The number of piperidine rings is 1. The van der Waals surface area contributed by atoms with E-state index in [1.807, 2.05) is 6.07 Å². The first kappa shape index (κ1) is 23.5. The highest BCUT2D eigenvalue weighted by Crippen LogP contribution is 2.29. The molecule has 2 aromatic carbocycles. The number of sulfonamides is 1. The Morgan fingerprint density at radius 3 is 2.60 bits per heavy atom. The lowest BCUT2D eigenvalue weighted by atomic mass is 9.90. The standard InChI is InChI=1S/C25H28N4O5S/c1-33-21-10-12-22(13-11-21)35(31,32)29-14-4-7-20(16-29)23(30)26-25-28-27-24(34-25)19-9-8-17-5-2-3-6-18(17)15-19/h8-13,15,20H,2-7,14,16H2,1H3,(H,26,28,30). The number of benzene rings is 2. The molecule has 1 amide bonds. The van der Waals surface area contributed by atoms with E-state index in [4.69, 9.17) is 9.15 Å². The van der Waals surface area contributed by atoms with Crippen molar-refractivity contribution in [1.29, 1.82) is 0 Å². The van der Waals surface area contributed by atoms with E-state index in [-0.39, 0.29) is 23.4 Å². The summed E-state index contributed by atoms with van der Waals surface area (Å²) in [4.78, 5) is 13.1. The van der Waals surface area contributed by atoms with Gasteiger partial charge in [0.25, 0.3) is 0 Å². The van der Waals surface area contributed by atoms with Crippen LogP contribution in [0.5, 0.6) is 5.75 Å². The summed E-state index contributed by atoms with van der Waals surface area (Å²) in [5, 5.41) is 10.7. The summed E-state index contributed by atoms with van der Waals surface area (Å²) in [6, 6.07) is 12.4. The van der Waals surface area contributed by atoms with Crippen LogP contribution in [0, 0.1) is 5.92 Å². The van der Waals surface area contributed by atoms with Crippen LogP contribution in [0.15, 0.2) is 51.8 Å². The molecular weight excluding hydrogens is 468 g/mol. The van der Waals surface area contributed by atoms with Crippen LogP contribution in [0.3, 0.4) is 0 Å². The van der Waals surface area contributed by atoms with Gasteiger partial charge in [0.1, 0.15) is 5.75 Å². The summed E-state index contributed by atoms with van der Waals surface area (Å²) in [6.45, 7) is 0.452. The first-order valence-electron chi connectivity index (χ1n) is 11.8. The summed E-state index contributed by atoms with van der Waals surface area (Å²) in [7, 11) is -2.20. The lowest BCUT2D eigenvalue weighted by Crippen LogP contribution is -2.43. The second kappa shape index (κ2) is 9.79. The first-order valence-corrected chi connectivity index (χ1v) is 13.3. The molecule has 2 aliphatic rings. The fourth-order valence-electron chi connectivity index (χ4n) is 4.74. The number of ether oxygens (including phenoxy) is 1. The number of fused-ring (bicyclic) bond motifs is 1. The highest BCUT2D eigenvalue weighted by Gasteiger charge is 2.34. The zero-order valence-corrected chi connectivity index (χ0v) is 20.4. The zero-order valence-electron chi connectivity index (χ0n) is 19.6. The molecule has 5 rings (SSSR count). The molecular formula is C25H28N4O5S. The van der Waals surface area contributed by atoms with E-state index in [9.17, 15) is 13.2 Å². The SMILES string of the molecule is COc1ccc(S(=O)(=O)N2CCCC(C(=O)Nc3nnc(-c4ccc5c(c4)CCCC5)o3)C2)cc1. The molecule has 1 atom stereocenters. The second-order valence-corrected chi connectivity index (χ2v) is 10.9. The van der Waals surface area contributed by atoms with Crippen molar-refractivity contribution < 1.29 is 22.4 Å². The minimum atomic E-state index is -3.72. The third-order valence-electron chi connectivity index (χ3n) is 6.70. The van der Waals surface area contributed by atoms with Gasteiger partial charge in [-0.1, -0.05) is 11.2 Å². The van der Waals surface area contributed by atoms with Crippen LogP contribution in [-0.4, -0.2) is 49.0 Å². The van der Waals surface area contributed by atoms with Gasteiger partial charge in [-0.25, -0.2) is 8.42 Å². The highest BCUT2D eigenvalue weighted by atomic mass is 32.2. The molecule has 1 aliphatic heterocycles. The van der Waals surface area contributed by atoms with Gasteiger partial charge in [0.2, 0.25) is 21.8 Å². The minimum absolute atomic E-state index is 0.0119. The topological polar surface area (TPSA) is 115 Å². The molecule has 1 unspecified atom stereocenters. The fourth-order valence-corrected chi connectivity index (χ4v) is 6.26. The number of aryl methyl sites for hydroxylation is 2. The molecule has 0 spiro atoms. The molecule has 2 heterocycles. The summed E-state index contributed by atoms with van der Waals surface area (Å²) in [5.74, 6) is 0.0753.